The Morgan fingerprint density at radius 3 is 3.21 bits per heavy atom. The quantitative estimate of drug-likeness (QED) is 0.783. The Bertz CT molecular complexity index is 279. The van der Waals surface area contributed by atoms with Gasteiger partial charge in [0, 0.05) is 13.2 Å². The molecule has 4 heteroatoms. The summed E-state index contributed by atoms with van der Waals surface area (Å²) in [6, 6.07) is 0. The van der Waals surface area contributed by atoms with E-state index in [0.29, 0.717) is 12.5 Å². The van der Waals surface area contributed by atoms with Gasteiger partial charge in [-0.05, 0) is 19.3 Å². The van der Waals surface area contributed by atoms with Gasteiger partial charge in [-0.15, -0.1) is 0 Å². The predicted molar refractivity (Wildman–Crippen MR) is 51.9 cm³/mol. The van der Waals surface area contributed by atoms with Crippen LogP contribution < -0.4 is 5.32 Å². The zero-order valence-corrected chi connectivity index (χ0v) is 8.45. The summed E-state index contributed by atoms with van der Waals surface area (Å²) >= 11 is 0. The molecule has 0 aliphatic carbocycles. The van der Waals surface area contributed by atoms with Crippen molar-refractivity contribution < 1.29 is 9.15 Å². The van der Waals surface area contributed by atoms with Crippen LogP contribution in [0.5, 0.6) is 0 Å². The molecular weight excluding hydrogens is 180 g/mol. The Kier molecular flexibility index (Phi) is 3.16. The minimum absolute atomic E-state index is 0.658. The van der Waals surface area contributed by atoms with Gasteiger partial charge in [0.25, 0.3) is 0 Å². The molecular formula is C10H16N2O2. The van der Waals surface area contributed by atoms with E-state index in [1.807, 2.05) is 6.92 Å². The Labute approximate surface area is 83.7 Å². The van der Waals surface area contributed by atoms with Crippen LogP contribution in [0.15, 0.2) is 10.6 Å². The molecule has 4 nitrogen and oxygen atoms in total. The molecule has 1 saturated heterocycles. The van der Waals surface area contributed by atoms with Crippen LogP contribution in [0.1, 0.15) is 18.1 Å². The maximum Gasteiger partial charge on any atom is 0.208 e. The molecule has 0 spiro atoms. The number of oxazole rings is 1. The smallest absolute Gasteiger partial charge is 0.208 e. The summed E-state index contributed by atoms with van der Waals surface area (Å²) in [5.41, 5.74) is 0. The zero-order valence-electron chi connectivity index (χ0n) is 8.45. The Morgan fingerprint density at radius 2 is 2.57 bits per heavy atom. The highest BCUT2D eigenvalue weighted by Gasteiger charge is 2.14. The molecule has 1 aromatic heterocycles. The van der Waals surface area contributed by atoms with Crippen LogP contribution in [0.25, 0.3) is 0 Å². The van der Waals surface area contributed by atoms with E-state index in [1.165, 1.54) is 0 Å². The molecule has 1 N–H and O–H groups in total. The first kappa shape index (κ1) is 9.68. The maximum absolute atomic E-state index is 5.34. The number of ether oxygens (including phenoxy) is 1. The summed E-state index contributed by atoms with van der Waals surface area (Å²) in [5.74, 6) is 2.29. The van der Waals surface area contributed by atoms with Crippen molar-refractivity contribution in [2.75, 3.05) is 19.8 Å². The third-order valence-electron chi connectivity index (χ3n) is 2.40. The van der Waals surface area contributed by atoms with Crippen LogP contribution in [0, 0.1) is 12.8 Å². The molecule has 0 bridgehead atoms. The molecule has 78 valence electrons. The molecule has 1 aliphatic heterocycles. The zero-order chi connectivity index (χ0) is 9.80. The van der Waals surface area contributed by atoms with Crippen molar-refractivity contribution >= 4 is 0 Å². The fraction of sp³-hybridized carbons (Fsp3) is 0.700. The SMILES string of the molecule is Cc1cnc(CNCC2CCOC2)o1. The second kappa shape index (κ2) is 4.57. The van der Waals surface area contributed by atoms with Gasteiger partial charge in [0.05, 0.1) is 19.3 Å². The number of nitrogens with one attached hydrogen (secondary N) is 1. The molecule has 0 aromatic carbocycles. The number of nitrogens with zero attached hydrogens (tertiary/aromatic N) is 1. The molecule has 0 saturated carbocycles. The second-order valence-corrected chi connectivity index (χ2v) is 3.73. The Hall–Kier alpha value is -0.870. The van der Waals surface area contributed by atoms with Crippen LogP contribution in [0.2, 0.25) is 0 Å². The lowest BCUT2D eigenvalue weighted by Gasteiger charge is -2.06. The van der Waals surface area contributed by atoms with Gasteiger partial charge in [0.15, 0.2) is 0 Å². The minimum Gasteiger partial charge on any atom is -0.445 e. The first-order chi connectivity index (χ1) is 6.84. The number of aryl methyl sites for hydroxylation is 1. The van der Waals surface area contributed by atoms with E-state index < -0.39 is 0 Å². The Balaban J connectivity index is 1.67. The first-order valence-corrected chi connectivity index (χ1v) is 5.04. The van der Waals surface area contributed by atoms with Crippen molar-refractivity contribution in [3.05, 3.63) is 17.8 Å². The Morgan fingerprint density at radius 1 is 1.64 bits per heavy atom. The summed E-state index contributed by atoms with van der Waals surface area (Å²) in [7, 11) is 0. The van der Waals surface area contributed by atoms with E-state index in [-0.39, 0.29) is 0 Å². The van der Waals surface area contributed by atoms with E-state index in [1.54, 1.807) is 6.20 Å². The van der Waals surface area contributed by atoms with E-state index >= 15 is 0 Å². The van der Waals surface area contributed by atoms with Crippen molar-refractivity contribution in [3.8, 4) is 0 Å². The first-order valence-electron chi connectivity index (χ1n) is 5.04. The fourth-order valence-electron chi connectivity index (χ4n) is 1.61. The topological polar surface area (TPSA) is 47.3 Å². The normalized spacial score (nSPS) is 21.6. The fourth-order valence-corrected chi connectivity index (χ4v) is 1.61. The predicted octanol–water partition coefficient (Wildman–Crippen LogP) is 1.11. The highest BCUT2D eigenvalue weighted by atomic mass is 16.5. The lowest BCUT2D eigenvalue weighted by atomic mass is 10.1. The van der Waals surface area contributed by atoms with Gasteiger partial charge >= 0.3 is 0 Å². The number of hydrogen-bond donors (Lipinski definition) is 1. The highest BCUT2D eigenvalue weighted by Crippen LogP contribution is 2.10. The van der Waals surface area contributed by atoms with Gasteiger partial charge < -0.3 is 14.5 Å². The van der Waals surface area contributed by atoms with Crippen LogP contribution in [-0.4, -0.2) is 24.7 Å². The summed E-state index contributed by atoms with van der Waals surface area (Å²) in [6.45, 7) is 5.40. The molecule has 2 rings (SSSR count). The number of rotatable bonds is 4. The van der Waals surface area contributed by atoms with Crippen molar-refractivity contribution in [1.29, 1.82) is 0 Å². The molecule has 1 fully saturated rings. The number of hydrogen-bond acceptors (Lipinski definition) is 4. The van der Waals surface area contributed by atoms with Crippen LogP contribution >= 0.6 is 0 Å². The summed E-state index contributed by atoms with van der Waals surface area (Å²) in [6.07, 6.45) is 2.91. The molecule has 0 radical (unpaired) electrons. The van der Waals surface area contributed by atoms with Crippen LogP contribution in [0.4, 0.5) is 0 Å². The summed E-state index contributed by atoms with van der Waals surface area (Å²) in [5, 5.41) is 3.32. The van der Waals surface area contributed by atoms with E-state index in [4.69, 9.17) is 9.15 Å². The van der Waals surface area contributed by atoms with Crippen molar-refractivity contribution in [1.82, 2.24) is 10.3 Å². The summed E-state index contributed by atoms with van der Waals surface area (Å²) < 4.78 is 10.6. The monoisotopic (exact) mass is 196 g/mol. The van der Waals surface area contributed by atoms with Gasteiger partial charge in [-0.3, -0.25) is 0 Å². The van der Waals surface area contributed by atoms with Crippen molar-refractivity contribution in [2.24, 2.45) is 5.92 Å². The average Bonchev–Trinajstić information content (AvgIpc) is 2.77. The molecule has 1 unspecified atom stereocenters. The lowest BCUT2D eigenvalue weighted by Crippen LogP contribution is -2.22. The number of aromatic nitrogens is 1. The third-order valence-corrected chi connectivity index (χ3v) is 2.40. The van der Waals surface area contributed by atoms with Gasteiger partial charge in [0.1, 0.15) is 5.76 Å². The van der Waals surface area contributed by atoms with Gasteiger partial charge in [-0.25, -0.2) is 4.98 Å². The van der Waals surface area contributed by atoms with Gasteiger partial charge in [0.2, 0.25) is 5.89 Å². The third kappa shape index (κ3) is 2.56. The molecule has 1 atom stereocenters. The lowest BCUT2D eigenvalue weighted by molar-refractivity contribution is 0.185. The minimum atomic E-state index is 0.658. The maximum atomic E-state index is 5.34. The van der Waals surface area contributed by atoms with Gasteiger partial charge in [-0.1, -0.05) is 0 Å². The largest absolute Gasteiger partial charge is 0.445 e. The van der Waals surface area contributed by atoms with Crippen molar-refractivity contribution in [2.45, 2.75) is 19.9 Å². The molecule has 1 aliphatic rings. The highest BCUT2D eigenvalue weighted by molar-refractivity contribution is 4.90. The molecule has 2 heterocycles. The molecule has 0 amide bonds. The second-order valence-electron chi connectivity index (χ2n) is 3.73. The van der Waals surface area contributed by atoms with Crippen LogP contribution in [0.3, 0.4) is 0 Å². The van der Waals surface area contributed by atoms with Crippen LogP contribution in [-0.2, 0) is 11.3 Å². The van der Waals surface area contributed by atoms with Gasteiger partial charge in [-0.2, -0.15) is 0 Å². The summed E-state index contributed by atoms with van der Waals surface area (Å²) in [4.78, 5) is 4.12. The molecule has 14 heavy (non-hydrogen) atoms. The van der Waals surface area contributed by atoms with E-state index in [2.05, 4.69) is 10.3 Å². The van der Waals surface area contributed by atoms with Crippen molar-refractivity contribution in [3.63, 3.8) is 0 Å². The van der Waals surface area contributed by atoms with E-state index in [9.17, 15) is 0 Å². The standard InChI is InChI=1S/C10H16N2O2/c1-8-4-12-10(14-8)6-11-5-9-2-3-13-7-9/h4,9,11H,2-3,5-7H2,1H3. The average molecular weight is 196 g/mol. The molecule has 1 aromatic rings. The van der Waals surface area contributed by atoms with E-state index in [0.717, 1.165) is 37.8 Å².